The number of rotatable bonds is 26. The average Bonchev–Trinajstić information content (AvgIpc) is 0.766. The van der Waals surface area contributed by atoms with E-state index < -0.39 is 358 Å². The summed E-state index contributed by atoms with van der Waals surface area (Å²) in [5, 5.41) is 277. The van der Waals surface area contributed by atoms with Crippen LogP contribution in [0.15, 0.2) is 0 Å². The van der Waals surface area contributed by atoms with Gasteiger partial charge in [-0.25, -0.2) is 0 Å². The summed E-state index contributed by atoms with van der Waals surface area (Å²) in [7, 11) is 0. The van der Waals surface area contributed by atoms with Crippen molar-refractivity contribution in [2.75, 3.05) is 33.0 Å². The number of ether oxygens (including phenoxy) is 19. The summed E-state index contributed by atoms with van der Waals surface area (Å²) >= 11 is 0. The van der Waals surface area contributed by atoms with Crippen LogP contribution < -0.4 is 16.0 Å². The number of hydrogen-bond donors (Lipinski definition) is 27. The van der Waals surface area contributed by atoms with E-state index in [1.165, 1.54) is 34.6 Å². The van der Waals surface area contributed by atoms with Gasteiger partial charge in [0.15, 0.2) is 62.9 Å². The van der Waals surface area contributed by atoms with E-state index >= 15 is 0 Å². The number of nitrogens with one attached hydrogen (secondary N) is 3. The van der Waals surface area contributed by atoms with E-state index in [-0.39, 0.29) is 0 Å². The molecule has 666 valence electrons. The van der Waals surface area contributed by atoms with Crippen LogP contribution in [0, 0.1) is 0 Å². The lowest BCUT2D eigenvalue weighted by molar-refractivity contribution is -0.405. The van der Waals surface area contributed by atoms with Gasteiger partial charge in [0.25, 0.3) is 0 Å². The third kappa shape index (κ3) is 20.2. The molecule has 0 aliphatic carbocycles. The molecule has 10 fully saturated rings. The summed E-state index contributed by atoms with van der Waals surface area (Å²) in [6.45, 7) is 4.15. The summed E-state index contributed by atoms with van der Waals surface area (Å²) in [5.74, 6) is -2.56. The van der Waals surface area contributed by atoms with Gasteiger partial charge in [-0.05, 0) is 34.6 Å². The second kappa shape index (κ2) is 39.9. The van der Waals surface area contributed by atoms with Crippen molar-refractivity contribution in [3.05, 3.63) is 0 Å². The van der Waals surface area contributed by atoms with Gasteiger partial charge >= 0.3 is 0 Å². The number of carbonyl (C=O) groups is 3. The summed E-state index contributed by atoms with van der Waals surface area (Å²) in [5.41, 5.74) is 0. The molecule has 49 heteroatoms. The minimum absolute atomic E-state index is 0.749. The molecule has 0 aromatic carbocycles. The Morgan fingerprint density at radius 3 is 0.791 bits per heavy atom. The Morgan fingerprint density at radius 2 is 0.452 bits per heavy atom. The molecule has 10 aliphatic heterocycles. The molecule has 115 heavy (non-hydrogen) atoms. The van der Waals surface area contributed by atoms with Crippen molar-refractivity contribution in [2.45, 2.75) is 362 Å². The first-order valence-electron chi connectivity index (χ1n) is 37.4. The second-order valence-corrected chi connectivity index (χ2v) is 30.1. The molecular formula is C66H111N3O46. The van der Waals surface area contributed by atoms with Crippen molar-refractivity contribution >= 4 is 17.7 Å². The van der Waals surface area contributed by atoms with E-state index in [1.54, 1.807) is 0 Å². The van der Waals surface area contributed by atoms with Gasteiger partial charge in [0.1, 0.15) is 213 Å². The molecule has 0 bridgehead atoms. The van der Waals surface area contributed by atoms with Crippen LogP contribution >= 0.6 is 0 Å². The van der Waals surface area contributed by atoms with E-state index in [1.807, 2.05) is 0 Å². The Hall–Kier alpha value is -3.31. The lowest BCUT2D eigenvalue weighted by Gasteiger charge is -2.51. The Kier molecular flexibility index (Phi) is 32.6. The molecule has 0 saturated carbocycles. The van der Waals surface area contributed by atoms with E-state index in [0.29, 0.717) is 0 Å². The van der Waals surface area contributed by atoms with E-state index in [0.717, 1.165) is 20.8 Å². The molecule has 0 radical (unpaired) electrons. The van der Waals surface area contributed by atoms with Gasteiger partial charge in [0, 0.05) is 20.8 Å². The molecule has 10 rings (SSSR count). The normalized spacial score (nSPS) is 52.1. The molecular weight excluding hydrogens is 1570 g/mol. The van der Waals surface area contributed by atoms with Crippen LogP contribution in [-0.2, 0) is 104 Å². The zero-order valence-corrected chi connectivity index (χ0v) is 63.1. The fourth-order valence-electron chi connectivity index (χ4n) is 15.3. The predicted molar refractivity (Wildman–Crippen MR) is 357 cm³/mol. The maximum Gasteiger partial charge on any atom is 0.217 e. The van der Waals surface area contributed by atoms with Crippen molar-refractivity contribution in [2.24, 2.45) is 0 Å². The average molecular weight is 1680 g/mol. The van der Waals surface area contributed by atoms with Crippen LogP contribution in [0.1, 0.15) is 55.4 Å². The predicted octanol–water partition coefficient (Wildman–Crippen LogP) is -17.2. The van der Waals surface area contributed by atoms with E-state index in [4.69, 9.17) is 90.0 Å². The summed E-state index contributed by atoms with van der Waals surface area (Å²) in [6.07, 6.45) is -91.1. The van der Waals surface area contributed by atoms with Gasteiger partial charge < -0.3 is 229 Å². The molecule has 10 heterocycles. The van der Waals surface area contributed by atoms with Crippen LogP contribution in [-0.4, -0.2) is 480 Å². The lowest BCUT2D eigenvalue weighted by Crippen LogP contribution is -2.70. The molecule has 49 nitrogen and oxygen atoms in total. The number of hydrogen-bond acceptors (Lipinski definition) is 46. The Morgan fingerprint density at radius 1 is 0.226 bits per heavy atom. The third-order valence-corrected chi connectivity index (χ3v) is 21.9. The molecule has 10 aliphatic rings. The van der Waals surface area contributed by atoms with Crippen LogP contribution in [0.3, 0.4) is 0 Å². The minimum Gasteiger partial charge on any atom is -0.394 e. The molecule has 27 N–H and O–H groups in total. The SMILES string of the molecule is CC(=O)N[C@H]1[C@@H](O[C@@H]2[C@@H](O)[C@H](C)O[C@@H](O[C@@H]3[C@@H](O)[C@H](C)O[C@@H](O[C@H]4[C@@H](O[C@H]5[C@H](O)[C@@H](CO)O[C@H](O[C@@H]6[C@@H](O)[C@H](C)O[C@@H](O[C@H]7[C@H](O[C@H]8[C@@H](O[C@H]9[C@H](O)[C@@H](CO)O[C@H](O[C@@H]%10[C@@H](O)[C@H](C)O[C@@H](O)[C@@H]%10O)[C@@H]9NC(C)=O)O[C@H](CO)[C@H](O)[C@@H]8O)O[C@@H](C)[C@H](O)[C@H]7O)[C@@H]6O)[C@@H]5NC(C)=O)O[C@H](CO)[C@H](O)[C@@H]4O)[C@@H]3O)[C@@H]2O)O[C@H](CO)[C@@H](O)[C@@H]1O. The first-order chi connectivity index (χ1) is 54.2. The minimum atomic E-state index is -2.35. The zero-order valence-electron chi connectivity index (χ0n) is 63.1. The fraction of sp³-hybridized carbons (Fsp3) is 0.955. The van der Waals surface area contributed by atoms with Gasteiger partial charge in [0.05, 0.1) is 63.6 Å². The van der Waals surface area contributed by atoms with Gasteiger partial charge in [-0.2, -0.15) is 0 Å². The fourth-order valence-corrected chi connectivity index (χ4v) is 15.3. The van der Waals surface area contributed by atoms with Gasteiger partial charge in [-0.1, -0.05) is 0 Å². The highest BCUT2D eigenvalue weighted by Crippen LogP contribution is 2.41. The number of carbonyl (C=O) groups excluding carboxylic acids is 3. The van der Waals surface area contributed by atoms with Crippen LogP contribution in [0.5, 0.6) is 0 Å². The van der Waals surface area contributed by atoms with Crippen LogP contribution in [0.4, 0.5) is 0 Å². The van der Waals surface area contributed by atoms with Crippen LogP contribution in [0.2, 0.25) is 0 Å². The molecule has 0 aromatic heterocycles. The number of aliphatic hydroxyl groups excluding tert-OH is 24. The topological polar surface area (TPSA) is 748 Å². The van der Waals surface area contributed by atoms with Gasteiger partial charge in [0.2, 0.25) is 17.7 Å². The number of amides is 3. The maximum absolute atomic E-state index is 13.3. The maximum atomic E-state index is 13.3. The van der Waals surface area contributed by atoms with Crippen molar-refractivity contribution in [1.29, 1.82) is 0 Å². The molecule has 0 spiro atoms. The summed E-state index contributed by atoms with van der Waals surface area (Å²) < 4.78 is 113. The Labute approximate surface area is 654 Å². The standard InChI is InChI=1S/C66H111N3O46/c1-14-30(78)41(89)54(64(101-14)115-56-43(91)37(85)24(11-72)106-66(56)108-48-28(68-20(7)76)59(103-25(12-73)38(48)86)109-50-31(79)15(2)97-57(96)44(50)92)113-62-46(94)52(33(81)17(4)99-62)111-60-29(69-21(8)77)49(39(87)26(13-74)104-60)107-65-55(42(90)36(84)23(10-71)105-65)114-63-47(95)53(34(82)18(5)100-63)112-61-45(93)51(32(80)16(3)98-61)110-58-27(67-19(6)75)40(88)35(83)22(9-70)102-58/h14-18,22-66,70-74,78-96H,9-13H2,1-8H3,(H,67,75)(H,68,76)(H,69,77)/t14-,15-,16-,17-,18-,22+,23+,24+,25+,26+,27+,28+,29+,30-,31-,32-,33-,34-,35+,36-,37-,38+,39+,40+,41+,42-,43-,44+,45+,46+,47+,48+,49+,50+,51+,52+,53+,54+,55+,56+,57+,58+,59+,60+,61-,62-,63-,64-,65+,66+/m0/s1. The smallest absolute Gasteiger partial charge is 0.217 e. The third-order valence-electron chi connectivity index (χ3n) is 21.9. The molecule has 0 unspecified atom stereocenters. The second-order valence-electron chi connectivity index (χ2n) is 30.1. The van der Waals surface area contributed by atoms with E-state index in [9.17, 15) is 137 Å². The van der Waals surface area contributed by atoms with Crippen molar-refractivity contribution in [3.8, 4) is 0 Å². The highest BCUT2D eigenvalue weighted by Gasteiger charge is 2.62. The Bertz CT molecular complexity index is 3070. The van der Waals surface area contributed by atoms with Crippen LogP contribution in [0.25, 0.3) is 0 Å². The Balaban J connectivity index is 0.882. The van der Waals surface area contributed by atoms with E-state index in [2.05, 4.69) is 16.0 Å². The zero-order chi connectivity index (χ0) is 84.7. The first kappa shape index (κ1) is 93.9. The quantitative estimate of drug-likeness (QED) is 0.0382. The lowest BCUT2D eigenvalue weighted by atomic mass is 9.94. The number of aliphatic hydroxyl groups is 24. The van der Waals surface area contributed by atoms with Crippen molar-refractivity contribution in [1.82, 2.24) is 16.0 Å². The molecule has 10 saturated heterocycles. The summed E-state index contributed by atoms with van der Waals surface area (Å²) in [4.78, 5) is 38.4. The highest BCUT2D eigenvalue weighted by molar-refractivity contribution is 5.74. The molecule has 50 atom stereocenters. The van der Waals surface area contributed by atoms with Crippen molar-refractivity contribution < 1.29 is 227 Å². The monoisotopic (exact) mass is 1680 g/mol. The summed E-state index contributed by atoms with van der Waals surface area (Å²) in [6, 6.07) is -5.29. The highest BCUT2D eigenvalue weighted by atomic mass is 16.8. The van der Waals surface area contributed by atoms with Gasteiger partial charge in [-0.3, -0.25) is 14.4 Å². The molecule has 0 aromatic rings. The van der Waals surface area contributed by atoms with Gasteiger partial charge in [-0.15, -0.1) is 0 Å². The molecule has 3 amide bonds. The first-order valence-corrected chi connectivity index (χ1v) is 37.4. The van der Waals surface area contributed by atoms with Crippen molar-refractivity contribution in [3.63, 3.8) is 0 Å². The largest absolute Gasteiger partial charge is 0.394 e.